The second kappa shape index (κ2) is 7.09. The second-order valence-electron chi connectivity index (χ2n) is 6.85. The van der Waals surface area contributed by atoms with Crippen molar-refractivity contribution in [2.24, 2.45) is 0 Å². The smallest absolute Gasteiger partial charge is 0.142 e. The van der Waals surface area contributed by atoms with Crippen molar-refractivity contribution < 1.29 is 10.2 Å². The van der Waals surface area contributed by atoms with E-state index >= 15 is 0 Å². The summed E-state index contributed by atoms with van der Waals surface area (Å²) in [6, 6.07) is 16.0. The van der Waals surface area contributed by atoms with Gasteiger partial charge in [-0.05, 0) is 71.9 Å². The number of nitrogen functional groups attached to an aromatic ring is 1. The van der Waals surface area contributed by atoms with Gasteiger partial charge in [0.2, 0.25) is 0 Å². The number of rotatable bonds is 2. The van der Waals surface area contributed by atoms with Gasteiger partial charge >= 0.3 is 0 Å². The van der Waals surface area contributed by atoms with Gasteiger partial charge in [-0.2, -0.15) is 5.26 Å². The lowest BCUT2D eigenvalue weighted by atomic mass is 9.83. The maximum Gasteiger partial charge on any atom is 0.142 e. The quantitative estimate of drug-likeness (QED) is 0.617. The van der Waals surface area contributed by atoms with Gasteiger partial charge in [-0.15, -0.1) is 0 Å². The van der Waals surface area contributed by atoms with Gasteiger partial charge in [0.15, 0.2) is 0 Å². The average molecular weight is 369 g/mol. The Morgan fingerprint density at radius 1 is 0.964 bits per heavy atom. The largest absolute Gasteiger partial charge is 0.508 e. The molecule has 0 spiro atoms. The number of anilines is 1. The molecule has 1 aliphatic carbocycles. The molecular formula is C23H19N3O2. The average Bonchev–Trinajstić information content (AvgIpc) is 2.70. The number of phenols is 2. The van der Waals surface area contributed by atoms with Crippen molar-refractivity contribution in [1.29, 1.82) is 5.26 Å². The third kappa shape index (κ3) is 3.17. The molecule has 0 saturated heterocycles. The molecule has 0 atom stereocenters. The van der Waals surface area contributed by atoms with E-state index in [-0.39, 0.29) is 17.3 Å². The highest BCUT2D eigenvalue weighted by Crippen LogP contribution is 2.40. The number of fused-ring (bicyclic) bond motifs is 1. The number of nitriles is 1. The van der Waals surface area contributed by atoms with Crippen LogP contribution >= 0.6 is 0 Å². The molecule has 2 aromatic carbocycles. The first kappa shape index (κ1) is 17.6. The minimum atomic E-state index is 0.172. The van der Waals surface area contributed by atoms with Crippen LogP contribution in [0.3, 0.4) is 0 Å². The Hall–Kier alpha value is -3.78. The summed E-state index contributed by atoms with van der Waals surface area (Å²) in [6.07, 6.45) is 4.66. The Morgan fingerprint density at radius 2 is 1.61 bits per heavy atom. The molecule has 0 unspecified atom stereocenters. The number of phenolic OH excluding ortho intramolecular Hbond substituents is 2. The summed E-state index contributed by atoms with van der Waals surface area (Å²) < 4.78 is 0. The zero-order valence-corrected chi connectivity index (χ0v) is 15.2. The highest BCUT2D eigenvalue weighted by Gasteiger charge is 2.24. The van der Waals surface area contributed by atoms with Crippen molar-refractivity contribution in [2.45, 2.75) is 19.3 Å². The number of pyridine rings is 1. The predicted molar refractivity (Wildman–Crippen MR) is 109 cm³/mol. The van der Waals surface area contributed by atoms with Crippen LogP contribution in [0.25, 0.3) is 22.8 Å². The molecule has 4 rings (SSSR count). The molecule has 1 aliphatic rings. The minimum absolute atomic E-state index is 0.172. The van der Waals surface area contributed by atoms with Crippen molar-refractivity contribution in [2.75, 3.05) is 5.73 Å². The van der Waals surface area contributed by atoms with Crippen LogP contribution in [0.4, 0.5) is 5.82 Å². The number of aromatic hydroxyl groups is 2. The molecule has 1 aromatic heterocycles. The molecule has 4 N–H and O–H groups in total. The topological polar surface area (TPSA) is 103 Å². The third-order valence-electron chi connectivity index (χ3n) is 5.00. The van der Waals surface area contributed by atoms with Gasteiger partial charge in [0.25, 0.3) is 0 Å². The van der Waals surface area contributed by atoms with Crippen LogP contribution in [-0.4, -0.2) is 15.2 Å². The Labute approximate surface area is 163 Å². The molecule has 0 bridgehead atoms. The molecular weight excluding hydrogens is 350 g/mol. The minimum Gasteiger partial charge on any atom is -0.508 e. The van der Waals surface area contributed by atoms with Crippen molar-refractivity contribution in [3.05, 3.63) is 70.9 Å². The third-order valence-corrected chi connectivity index (χ3v) is 5.00. The van der Waals surface area contributed by atoms with Crippen LogP contribution in [0.15, 0.2) is 48.5 Å². The lowest BCUT2D eigenvalue weighted by Crippen LogP contribution is -2.11. The van der Waals surface area contributed by atoms with Crippen LogP contribution in [-0.2, 0) is 6.42 Å². The monoisotopic (exact) mass is 369 g/mol. The van der Waals surface area contributed by atoms with Crippen molar-refractivity contribution in [3.63, 3.8) is 0 Å². The van der Waals surface area contributed by atoms with E-state index in [1.165, 1.54) is 0 Å². The predicted octanol–water partition coefficient (Wildman–Crippen LogP) is 4.49. The van der Waals surface area contributed by atoms with E-state index in [1.54, 1.807) is 36.4 Å². The Kier molecular flexibility index (Phi) is 4.46. The van der Waals surface area contributed by atoms with Crippen LogP contribution in [0.1, 0.15) is 35.2 Å². The van der Waals surface area contributed by atoms with E-state index in [1.807, 2.05) is 12.1 Å². The number of hydrogen-bond donors (Lipinski definition) is 3. The summed E-state index contributed by atoms with van der Waals surface area (Å²) >= 11 is 0. The van der Waals surface area contributed by atoms with Crippen LogP contribution in [0.5, 0.6) is 11.5 Å². The Balaban J connectivity index is 1.92. The molecule has 5 heteroatoms. The van der Waals surface area contributed by atoms with E-state index in [9.17, 15) is 15.5 Å². The van der Waals surface area contributed by atoms with Gasteiger partial charge in [0.1, 0.15) is 28.9 Å². The van der Waals surface area contributed by atoms with Gasteiger partial charge < -0.3 is 15.9 Å². The standard InChI is InChI=1S/C23H19N3O2/c24-13-20-21(15-6-10-18(28)11-7-15)19-3-1-2-16(22(19)26-23(20)25)12-14-4-8-17(27)9-5-14/h4-12,27-28H,1-3H2,(H2,25,26)/b16-12+. The van der Waals surface area contributed by atoms with Gasteiger partial charge in [-0.1, -0.05) is 24.3 Å². The summed E-state index contributed by atoms with van der Waals surface area (Å²) in [7, 11) is 0. The number of benzene rings is 2. The fraction of sp³-hybridized carbons (Fsp3) is 0.130. The molecule has 0 saturated carbocycles. The van der Waals surface area contributed by atoms with E-state index in [4.69, 9.17) is 5.73 Å². The molecule has 28 heavy (non-hydrogen) atoms. The summed E-state index contributed by atoms with van der Waals surface area (Å²) in [6.45, 7) is 0. The van der Waals surface area contributed by atoms with Gasteiger partial charge in [0.05, 0.1) is 5.69 Å². The Bertz CT molecular complexity index is 1110. The van der Waals surface area contributed by atoms with Crippen molar-refractivity contribution >= 4 is 17.5 Å². The van der Waals surface area contributed by atoms with Crippen LogP contribution in [0, 0.1) is 11.3 Å². The van der Waals surface area contributed by atoms with E-state index in [0.717, 1.165) is 52.8 Å². The molecule has 5 nitrogen and oxygen atoms in total. The summed E-state index contributed by atoms with van der Waals surface area (Å²) in [5.41, 5.74) is 12.0. The fourth-order valence-electron chi connectivity index (χ4n) is 3.70. The molecule has 138 valence electrons. The normalized spacial score (nSPS) is 14.5. The first-order valence-corrected chi connectivity index (χ1v) is 9.08. The van der Waals surface area contributed by atoms with E-state index in [0.29, 0.717) is 5.56 Å². The zero-order valence-electron chi connectivity index (χ0n) is 15.2. The fourth-order valence-corrected chi connectivity index (χ4v) is 3.70. The molecule has 0 aliphatic heterocycles. The molecule has 0 radical (unpaired) electrons. The number of allylic oxidation sites excluding steroid dienone is 1. The Morgan fingerprint density at radius 3 is 2.25 bits per heavy atom. The number of nitrogens with zero attached hydrogens (tertiary/aromatic N) is 2. The maximum absolute atomic E-state index is 9.69. The van der Waals surface area contributed by atoms with Crippen LogP contribution in [0.2, 0.25) is 0 Å². The van der Waals surface area contributed by atoms with Gasteiger partial charge in [-0.25, -0.2) is 4.98 Å². The molecule has 0 fully saturated rings. The van der Waals surface area contributed by atoms with E-state index < -0.39 is 0 Å². The highest BCUT2D eigenvalue weighted by atomic mass is 16.3. The molecule has 3 aromatic rings. The molecule has 1 heterocycles. The lowest BCUT2D eigenvalue weighted by molar-refractivity contribution is 0.475. The van der Waals surface area contributed by atoms with Crippen molar-refractivity contribution in [1.82, 2.24) is 4.98 Å². The number of hydrogen-bond acceptors (Lipinski definition) is 5. The highest BCUT2D eigenvalue weighted by molar-refractivity contribution is 5.89. The van der Waals surface area contributed by atoms with Gasteiger partial charge in [-0.3, -0.25) is 0 Å². The second-order valence-corrected chi connectivity index (χ2v) is 6.85. The van der Waals surface area contributed by atoms with E-state index in [2.05, 4.69) is 17.1 Å². The first-order valence-electron chi connectivity index (χ1n) is 9.08. The number of aromatic nitrogens is 1. The number of nitrogens with two attached hydrogens (primary N) is 1. The van der Waals surface area contributed by atoms with Crippen LogP contribution < -0.4 is 5.73 Å². The van der Waals surface area contributed by atoms with Crippen molar-refractivity contribution in [3.8, 4) is 28.7 Å². The lowest BCUT2D eigenvalue weighted by Gasteiger charge is -2.23. The van der Waals surface area contributed by atoms with Gasteiger partial charge in [0, 0.05) is 5.56 Å². The first-order chi connectivity index (χ1) is 13.6. The SMILES string of the molecule is N#Cc1c(N)nc2c(c1-c1ccc(O)cc1)CCC/C2=C\c1ccc(O)cc1. The zero-order chi connectivity index (χ0) is 19.7. The summed E-state index contributed by atoms with van der Waals surface area (Å²) in [5.74, 6) is 0.607. The summed E-state index contributed by atoms with van der Waals surface area (Å²) in [4.78, 5) is 4.57. The molecule has 0 amide bonds. The maximum atomic E-state index is 9.69. The summed E-state index contributed by atoms with van der Waals surface area (Å²) in [5, 5.41) is 28.8.